The van der Waals surface area contributed by atoms with Crippen LogP contribution in [0.5, 0.6) is 0 Å². The first-order valence-corrected chi connectivity index (χ1v) is 6.88. The summed E-state index contributed by atoms with van der Waals surface area (Å²) in [6.45, 7) is 1.91. The van der Waals surface area contributed by atoms with Gasteiger partial charge in [-0.15, -0.1) is 12.4 Å². The first-order chi connectivity index (χ1) is 8.74. The molecule has 6 heteroatoms. The lowest BCUT2D eigenvalue weighted by Gasteiger charge is -2.26. The molecule has 0 radical (unpaired) electrons. The Morgan fingerprint density at radius 2 is 2.05 bits per heavy atom. The van der Waals surface area contributed by atoms with Crippen molar-refractivity contribution in [2.75, 3.05) is 33.4 Å². The van der Waals surface area contributed by atoms with Gasteiger partial charge in [-0.05, 0) is 18.8 Å². The van der Waals surface area contributed by atoms with Crippen molar-refractivity contribution in [1.29, 1.82) is 0 Å². The SMILES string of the molecule is COCCNCC(=O)NCC(O)C1CCCCC1.Cl. The largest absolute Gasteiger partial charge is 0.391 e. The molecular weight excluding hydrogens is 268 g/mol. The monoisotopic (exact) mass is 294 g/mol. The van der Waals surface area contributed by atoms with Crippen molar-refractivity contribution in [3.8, 4) is 0 Å². The molecule has 0 aliphatic heterocycles. The van der Waals surface area contributed by atoms with Gasteiger partial charge in [0.15, 0.2) is 0 Å². The summed E-state index contributed by atoms with van der Waals surface area (Å²) in [4.78, 5) is 11.5. The predicted octanol–water partition coefficient (Wildman–Crippen LogP) is 0.702. The molecule has 1 rings (SSSR count). The maximum atomic E-state index is 11.5. The van der Waals surface area contributed by atoms with Crippen LogP contribution in [-0.2, 0) is 9.53 Å². The molecular formula is C13H27ClN2O3. The number of aliphatic hydroxyl groups excluding tert-OH is 1. The van der Waals surface area contributed by atoms with E-state index in [1.807, 2.05) is 0 Å². The van der Waals surface area contributed by atoms with Gasteiger partial charge in [0.2, 0.25) is 5.91 Å². The molecule has 0 aromatic heterocycles. The predicted molar refractivity (Wildman–Crippen MR) is 77.6 cm³/mol. The van der Waals surface area contributed by atoms with Gasteiger partial charge in [0.1, 0.15) is 0 Å². The van der Waals surface area contributed by atoms with Gasteiger partial charge in [-0.3, -0.25) is 4.79 Å². The Hall–Kier alpha value is -0.360. The van der Waals surface area contributed by atoms with Crippen LogP contribution in [-0.4, -0.2) is 50.5 Å². The number of aliphatic hydroxyl groups is 1. The Morgan fingerprint density at radius 3 is 2.68 bits per heavy atom. The third-order valence-electron chi connectivity index (χ3n) is 3.47. The first kappa shape index (κ1) is 18.6. The molecule has 1 aliphatic carbocycles. The van der Waals surface area contributed by atoms with Crippen molar-refractivity contribution >= 4 is 18.3 Å². The lowest BCUT2D eigenvalue weighted by atomic mass is 9.85. The summed E-state index contributed by atoms with van der Waals surface area (Å²) in [6.07, 6.45) is 5.46. The molecule has 19 heavy (non-hydrogen) atoms. The number of nitrogens with one attached hydrogen (secondary N) is 2. The quantitative estimate of drug-likeness (QED) is 0.577. The highest BCUT2D eigenvalue weighted by molar-refractivity contribution is 5.85. The Kier molecular flexibility index (Phi) is 11.2. The number of carbonyl (C=O) groups excluding carboxylic acids is 1. The molecule has 1 amide bonds. The van der Waals surface area contributed by atoms with Crippen molar-refractivity contribution in [3.63, 3.8) is 0 Å². The van der Waals surface area contributed by atoms with Gasteiger partial charge >= 0.3 is 0 Å². The number of rotatable bonds is 8. The smallest absolute Gasteiger partial charge is 0.234 e. The molecule has 0 spiro atoms. The van der Waals surface area contributed by atoms with Crippen LogP contribution >= 0.6 is 12.4 Å². The zero-order valence-electron chi connectivity index (χ0n) is 11.7. The minimum absolute atomic E-state index is 0. The van der Waals surface area contributed by atoms with Crippen LogP contribution in [0.25, 0.3) is 0 Å². The molecule has 114 valence electrons. The van der Waals surface area contributed by atoms with E-state index in [1.165, 1.54) is 19.3 Å². The lowest BCUT2D eigenvalue weighted by molar-refractivity contribution is -0.120. The summed E-state index contributed by atoms with van der Waals surface area (Å²) in [7, 11) is 1.63. The van der Waals surface area contributed by atoms with Gasteiger partial charge in [-0.25, -0.2) is 0 Å². The van der Waals surface area contributed by atoms with E-state index in [0.717, 1.165) is 12.8 Å². The highest BCUT2D eigenvalue weighted by atomic mass is 35.5. The van der Waals surface area contributed by atoms with E-state index >= 15 is 0 Å². The molecule has 0 saturated heterocycles. The van der Waals surface area contributed by atoms with E-state index in [9.17, 15) is 9.90 Å². The zero-order chi connectivity index (χ0) is 13.2. The number of hydrogen-bond acceptors (Lipinski definition) is 4. The average Bonchev–Trinajstić information content (AvgIpc) is 2.42. The van der Waals surface area contributed by atoms with E-state index in [2.05, 4.69) is 10.6 Å². The molecule has 1 atom stereocenters. The standard InChI is InChI=1S/C13H26N2O3.ClH/c1-18-8-7-14-10-13(17)15-9-12(16)11-5-3-2-4-6-11;/h11-12,14,16H,2-10H2,1H3,(H,15,17);1H. The molecule has 0 aromatic rings. The molecule has 1 saturated carbocycles. The Labute approximate surface area is 121 Å². The van der Waals surface area contributed by atoms with Gasteiger partial charge in [-0.2, -0.15) is 0 Å². The van der Waals surface area contributed by atoms with Crippen LogP contribution in [0.3, 0.4) is 0 Å². The first-order valence-electron chi connectivity index (χ1n) is 6.88. The van der Waals surface area contributed by atoms with Crippen molar-refractivity contribution in [2.45, 2.75) is 38.2 Å². The third kappa shape index (κ3) is 8.42. The van der Waals surface area contributed by atoms with Crippen LogP contribution in [0.2, 0.25) is 0 Å². The zero-order valence-corrected chi connectivity index (χ0v) is 12.5. The summed E-state index contributed by atoms with van der Waals surface area (Å²) in [5.74, 6) is 0.293. The van der Waals surface area contributed by atoms with Crippen molar-refractivity contribution in [1.82, 2.24) is 10.6 Å². The minimum atomic E-state index is -0.395. The number of hydrogen-bond donors (Lipinski definition) is 3. The summed E-state index contributed by atoms with van der Waals surface area (Å²) < 4.78 is 4.87. The molecule has 0 bridgehead atoms. The van der Waals surface area contributed by atoms with Crippen LogP contribution < -0.4 is 10.6 Å². The third-order valence-corrected chi connectivity index (χ3v) is 3.47. The maximum Gasteiger partial charge on any atom is 0.234 e. The fourth-order valence-electron chi connectivity index (χ4n) is 2.34. The Bertz CT molecular complexity index is 236. The average molecular weight is 295 g/mol. The number of carbonyl (C=O) groups is 1. The number of amides is 1. The van der Waals surface area contributed by atoms with E-state index in [-0.39, 0.29) is 24.9 Å². The maximum absolute atomic E-state index is 11.5. The Balaban J connectivity index is 0.00000324. The van der Waals surface area contributed by atoms with Gasteiger partial charge < -0.3 is 20.5 Å². The topological polar surface area (TPSA) is 70.6 Å². The Morgan fingerprint density at radius 1 is 1.37 bits per heavy atom. The molecule has 1 aliphatic rings. The molecule has 0 heterocycles. The second kappa shape index (κ2) is 11.5. The second-order valence-corrected chi connectivity index (χ2v) is 4.94. The van der Waals surface area contributed by atoms with Gasteiger partial charge in [0, 0.05) is 20.2 Å². The van der Waals surface area contributed by atoms with Crippen LogP contribution in [0.1, 0.15) is 32.1 Å². The normalized spacial score (nSPS) is 17.6. The number of ether oxygens (including phenoxy) is 1. The minimum Gasteiger partial charge on any atom is -0.391 e. The van der Waals surface area contributed by atoms with Crippen LogP contribution in [0, 0.1) is 5.92 Å². The van der Waals surface area contributed by atoms with E-state index < -0.39 is 6.10 Å². The molecule has 1 unspecified atom stereocenters. The summed E-state index contributed by atoms with van der Waals surface area (Å²) in [5.41, 5.74) is 0. The highest BCUT2D eigenvalue weighted by Crippen LogP contribution is 2.26. The molecule has 0 aromatic carbocycles. The highest BCUT2D eigenvalue weighted by Gasteiger charge is 2.21. The number of methoxy groups -OCH3 is 1. The van der Waals surface area contributed by atoms with Crippen molar-refractivity contribution in [3.05, 3.63) is 0 Å². The molecule has 5 nitrogen and oxygen atoms in total. The fraction of sp³-hybridized carbons (Fsp3) is 0.923. The van der Waals surface area contributed by atoms with Crippen LogP contribution in [0.15, 0.2) is 0 Å². The molecule has 3 N–H and O–H groups in total. The van der Waals surface area contributed by atoms with Crippen LogP contribution in [0.4, 0.5) is 0 Å². The van der Waals surface area contributed by atoms with E-state index in [1.54, 1.807) is 7.11 Å². The van der Waals surface area contributed by atoms with Gasteiger partial charge in [-0.1, -0.05) is 19.3 Å². The number of halogens is 1. The summed E-state index contributed by atoms with van der Waals surface area (Å²) in [6, 6.07) is 0. The fourth-order valence-corrected chi connectivity index (χ4v) is 2.34. The second-order valence-electron chi connectivity index (χ2n) is 4.94. The van der Waals surface area contributed by atoms with Gasteiger partial charge in [0.25, 0.3) is 0 Å². The summed E-state index contributed by atoms with van der Waals surface area (Å²) >= 11 is 0. The summed E-state index contributed by atoms with van der Waals surface area (Å²) in [5, 5.41) is 15.7. The van der Waals surface area contributed by atoms with E-state index in [4.69, 9.17) is 4.74 Å². The van der Waals surface area contributed by atoms with Crippen molar-refractivity contribution in [2.24, 2.45) is 5.92 Å². The lowest BCUT2D eigenvalue weighted by Crippen LogP contribution is -2.41. The van der Waals surface area contributed by atoms with E-state index in [0.29, 0.717) is 25.6 Å². The molecule has 1 fully saturated rings. The van der Waals surface area contributed by atoms with Crippen molar-refractivity contribution < 1.29 is 14.6 Å². The van der Waals surface area contributed by atoms with Gasteiger partial charge in [0.05, 0.1) is 19.3 Å².